The van der Waals surface area contributed by atoms with Gasteiger partial charge in [0.15, 0.2) is 11.1 Å². The van der Waals surface area contributed by atoms with Gasteiger partial charge in [-0.25, -0.2) is 0 Å². The highest BCUT2D eigenvalue weighted by Gasteiger charge is 2.63. The van der Waals surface area contributed by atoms with Crippen LogP contribution in [-0.2, 0) is 54.2 Å². The number of hydrogen-bond donors (Lipinski definition) is 1. The van der Waals surface area contributed by atoms with Crippen molar-refractivity contribution < 1.29 is 55.1 Å². The second kappa shape index (κ2) is 17.3. The van der Waals surface area contributed by atoms with Crippen LogP contribution in [0.25, 0.3) is 0 Å². The Balaban J connectivity index is 0.000000210. The van der Waals surface area contributed by atoms with E-state index in [0.29, 0.717) is 11.1 Å². The fourth-order valence-electron chi connectivity index (χ4n) is 8.83. The van der Waals surface area contributed by atoms with Crippen LogP contribution in [0, 0.1) is 0 Å². The molecule has 0 bridgehead atoms. The fourth-order valence-corrected chi connectivity index (χ4v) is 8.83. The van der Waals surface area contributed by atoms with E-state index in [9.17, 15) is 55.1 Å². The summed E-state index contributed by atoms with van der Waals surface area (Å²) in [6.07, 6.45) is -8.92. The van der Waals surface area contributed by atoms with Gasteiger partial charge in [0.05, 0.1) is 43.3 Å². The Labute approximate surface area is 370 Å². The highest BCUT2D eigenvalue weighted by atomic mass is 19.4. The van der Waals surface area contributed by atoms with E-state index in [4.69, 9.17) is 0 Å². The van der Waals surface area contributed by atoms with Gasteiger partial charge in [-0.05, 0) is 60.4 Å². The highest BCUT2D eigenvalue weighted by Crippen LogP contribution is 2.43. The molecule has 0 aliphatic carbocycles. The van der Waals surface area contributed by atoms with Crippen molar-refractivity contribution in [3.63, 3.8) is 0 Å². The minimum atomic E-state index is -4.48. The molecule has 4 heterocycles. The molecule has 4 fully saturated rings. The quantitative estimate of drug-likeness (QED) is 0.233. The number of amides is 6. The molecule has 12 nitrogen and oxygen atoms in total. The molecular weight excluding hydrogens is 859 g/mol. The average Bonchev–Trinajstić information content (AvgIpc) is 3.22. The van der Waals surface area contributed by atoms with Crippen molar-refractivity contribution >= 4 is 35.4 Å². The third kappa shape index (κ3) is 8.77. The summed E-state index contributed by atoms with van der Waals surface area (Å²) in [7, 11) is 0. The number of carbonyl (C=O) groups excluding carboxylic acids is 6. The van der Waals surface area contributed by atoms with Gasteiger partial charge < -0.3 is 29.8 Å². The molecule has 4 saturated heterocycles. The van der Waals surface area contributed by atoms with Crippen LogP contribution in [0.3, 0.4) is 0 Å². The van der Waals surface area contributed by atoms with Gasteiger partial charge in [-0.1, -0.05) is 84.9 Å². The number of hydrogen-bond acceptors (Lipinski definition) is 6. The van der Waals surface area contributed by atoms with Crippen LogP contribution >= 0.6 is 0 Å². The lowest BCUT2D eigenvalue weighted by Crippen LogP contribution is -2.82. The standard InChI is InChI=1S/C30H28F3N3O3.C17H18F3N3O3/c1-20-27(38)35(17-22-13-15-25(16-14-22)30(31,32)33)29(18-34(19-29)21(2)37)28(39)36(20)26(23-9-5-3-6-10-23)24-11-7-4-8-12-24;1-10-14(25)23(7-12-3-5-13(6-4-12)17(18,19)20)16(15(26)21-10)8-22(9-16)11(2)24/h3-16,20,26H,17-19H2,1-2H3;3-6,10H,7-9H2,1-2H3,(H,21,26). The van der Waals surface area contributed by atoms with Crippen LogP contribution < -0.4 is 5.32 Å². The number of halogens is 6. The summed E-state index contributed by atoms with van der Waals surface area (Å²) >= 11 is 0. The Bertz CT molecular complexity index is 2420. The van der Waals surface area contributed by atoms with Gasteiger partial charge in [0, 0.05) is 26.9 Å². The first-order valence-electron chi connectivity index (χ1n) is 20.8. The van der Waals surface area contributed by atoms with E-state index in [1.54, 1.807) is 18.7 Å². The van der Waals surface area contributed by atoms with E-state index >= 15 is 0 Å². The first kappa shape index (κ1) is 46.3. The van der Waals surface area contributed by atoms with Gasteiger partial charge in [0.25, 0.3) is 5.91 Å². The second-order valence-corrected chi connectivity index (χ2v) is 16.9. The zero-order valence-corrected chi connectivity index (χ0v) is 35.8. The summed E-state index contributed by atoms with van der Waals surface area (Å²) < 4.78 is 77.4. The molecule has 342 valence electrons. The van der Waals surface area contributed by atoms with Crippen molar-refractivity contribution in [3.05, 3.63) is 143 Å². The number of nitrogens with one attached hydrogen (secondary N) is 1. The SMILES string of the molecule is CC(=O)N1CC2(C1)C(=O)N(C(c1ccccc1)c1ccccc1)C(C)C(=O)N2Cc1ccc(C(F)(F)F)cc1.CC(=O)N1CC2(C1)C(=O)NC(C)C(=O)N2Cc1ccc(C(F)(F)F)cc1. The molecule has 6 amide bonds. The molecule has 0 radical (unpaired) electrons. The van der Waals surface area contributed by atoms with Crippen LogP contribution in [0.1, 0.15) is 67.1 Å². The minimum Gasteiger partial charge on any atom is -0.342 e. The van der Waals surface area contributed by atoms with E-state index in [1.165, 1.54) is 57.7 Å². The molecule has 18 heteroatoms. The lowest BCUT2D eigenvalue weighted by molar-refractivity contribution is -0.188. The molecule has 4 aliphatic heterocycles. The summed E-state index contributed by atoms with van der Waals surface area (Å²) in [5.74, 6) is -1.72. The molecule has 0 aromatic heterocycles. The van der Waals surface area contributed by atoms with Gasteiger partial charge in [-0.3, -0.25) is 28.8 Å². The maximum absolute atomic E-state index is 14.5. The van der Waals surface area contributed by atoms with E-state index in [2.05, 4.69) is 5.32 Å². The predicted molar refractivity (Wildman–Crippen MR) is 223 cm³/mol. The third-order valence-electron chi connectivity index (χ3n) is 12.6. The van der Waals surface area contributed by atoms with Crippen LogP contribution in [0.5, 0.6) is 0 Å². The summed E-state index contributed by atoms with van der Waals surface area (Å²) in [5.41, 5.74) is -1.43. The molecule has 4 aromatic carbocycles. The summed E-state index contributed by atoms with van der Waals surface area (Å²) in [4.78, 5) is 84.6. The fraction of sp³-hybridized carbons (Fsp3) is 0.362. The molecule has 0 saturated carbocycles. The summed E-state index contributed by atoms with van der Waals surface area (Å²) in [6.45, 7) is 6.15. The van der Waals surface area contributed by atoms with Crippen LogP contribution in [0.4, 0.5) is 26.3 Å². The minimum absolute atomic E-state index is 0.000471. The molecule has 4 aliphatic rings. The van der Waals surface area contributed by atoms with Gasteiger partial charge in [-0.15, -0.1) is 0 Å². The van der Waals surface area contributed by atoms with Crippen molar-refractivity contribution in [1.29, 1.82) is 0 Å². The lowest BCUT2D eigenvalue weighted by Gasteiger charge is -2.60. The Morgan fingerprint density at radius 3 is 1.37 bits per heavy atom. The van der Waals surface area contributed by atoms with Crippen LogP contribution in [-0.4, -0.2) is 109 Å². The van der Waals surface area contributed by atoms with Crippen molar-refractivity contribution in [2.45, 2.75) is 82.3 Å². The van der Waals surface area contributed by atoms with E-state index in [1.807, 2.05) is 60.7 Å². The molecule has 8 rings (SSSR count). The Hall–Kier alpha value is -6.72. The average molecular weight is 905 g/mol. The smallest absolute Gasteiger partial charge is 0.342 e. The zero-order valence-electron chi connectivity index (χ0n) is 35.8. The van der Waals surface area contributed by atoms with Gasteiger partial charge >= 0.3 is 12.4 Å². The molecule has 2 atom stereocenters. The summed E-state index contributed by atoms with van der Waals surface area (Å²) in [6, 6.07) is 25.8. The largest absolute Gasteiger partial charge is 0.416 e. The third-order valence-corrected chi connectivity index (χ3v) is 12.6. The first-order chi connectivity index (χ1) is 30.6. The Kier molecular flexibility index (Phi) is 12.3. The molecule has 1 N–H and O–H groups in total. The topological polar surface area (TPSA) is 131 Å². The van der Waals surface area contributed by atoms with Crippen LogP contribution in [0.15, 0.2) is 109 Å². The number of likely N-dealkylation sites (tertiary alicyclic amines) is 2. The normalized spacial score (nSPS) is 20.3. The predicted octanol–water partition coefficient (Wildman–Crippen LogP) is 5.81. The molecule has 2 spiro atoms. The number of alkyl halides is 6. The number of piperazine rings is 2. The highest BCUT2D eigenvalue weighted by molar-refractivity contribution is 6.03. The Morgan fingerprint density at radius 1 is 0.600 bits per heavy atom. The number of rotatable bonds is 7. The molecular formula is C47H46F6N6O6. The number of carbonyl (C=O) groups is 6. The van der Waals surface area contributed by atoms with Crippen molar-refractivity contribution in [2.75, 3.05) is 26.2 Å². The lowest BCUT2D eigenvalue weighted by atomic mass is 9.80. The van der Waals surface area contributed by atoms with Crippen molar-refractivity contribution in [1.82, 2.24) is 29.8 Å². The zero-order chi connectivity index (χ0) is 47.2. The first-order valence-corrected chi connectivity index (χ1v) is 20.8. The number of nitrogens with zero attached hydrogens (tertiary/aromatic N) is 5. The van der Waals surface area contributed by atoms with E-state index < -0.39 is 52.7 Å². The molecule has 65 heavy (non-hydrogen) atoms. The Morgan fingerprint density at radius 2 is 0.985 bits per heavy atom. The monoisotopic (exact) mass is 904 g/mol. The maximum Gasteiger partial charge on any atom is 0.416 e. The van der Waals surface area contributed by atoms with Gasteiger partial charge in [-0.2, -0.15) is 26.3 Å². The number of benzene rings is 4. The van der Waals surface area contributed by atoms with Crippen LogP contribution in [0.2, 0.25) is 0 Å². The van der Waals surface area contributed by atoms with Gasteiger partial charge in [0.1, 0.15) is 12.1 Å². The maximum atomic E-state index is 14.5. The van der Waals surface area contributed by atoms with E-state index in [0.717, 1.165) is 35.4 Å². The molecule has 4 aromatic rings. The second-order valence-electron chi connectivity index (χ2n) is 16.9. The molecule has 2 unspecified atom stereocenters. The summed E-state index contributed by atoms with van der Waals surface area (Å²) in [5, 5.41) is 2.61. The van der Waals surface area contributed by atoms with Crippen molar-refractivity contribution in [3.8, 4) is 0 Å². The van der Waals surface area contributed by atoms with Gasteiger partial charge in [0.2, 0.25) is 29.5 Å². The van der Waals surface area contributed by atoms with Crippen molar-refractivity contribution in [2.24, 2.45) is 0 Å². The van der Waals surface area contributed by atoms with E-state index in [-0.39, 0.29) is 74.7 Å².